The average Bonchev–Trinajstić information content (AvgIpc) is 2.53. The first kappa shape index (κ1) is 14.1. The van der Waals surface area contributed by atoms with Crippen molar-refractivity contribution in [1.82, 2.24) is 4.98 Å². The molecule has 4 atom stereocenters. The molecule has 1 aromatic heterocycles. The lowest BCUT2D eigenvalue weighted by Gasteiger charge is -2.38. The van der Waals surface area contributed by atoms with Crippen molar-refractivity contribution in [3.63, 3.8) is 0 Å². The first-order valence-corrected chi connectivity index (χ1v) is 8.49. The fourth-order valence-corrected chi connectivity index (χ4v) is 4.40. The number of hydrogen-bond acceptors (Lipinski definition) is 2. The Bertz CT molecular complexity index is 443. The summed E-state index contributed by atoms with van der Waals surface area (Å²) in [6.45, 7) is 2.33. The fourth-order valence-electron chi connectivity index (χ4n) is 4.40. The third-order valence-electron chi connectivity index (χ3n) is 5.65. The summed E-state index contributed by atoms with van der Waals surface area (Å²) >= 11 is 0. The molecule has 2 aliphatic carbocycles. The Morgan fingerprint density at radius 3 is 3.05 bits per heavy atom. The minimum absolute atomic E-state index is 0.318. The van der Waals surface area contributed by atoms with Gasteiger partial charge in [0.1, 0.15) is 0 Å². The van der Waals surface area contributed by atoms with E-state index in [1.807, 2.05) is 6.20 Å². The van der Waals surface area contributed by atoms with E-state index >= 15 is 0 Å². The molecule has 0 spiro atoms. The van der Waals surface area contributed by atoms with Crippen LogP contribution in [0.2, 0.25) is 0 Å². The highest BCUT2D eigenvalue weighted by molar-refractivity contribution is 5.27. The quantitative estimate of drug-likeness (QED) is 0.901. The number of aromatic nitrogens is 1. The van der Waals surface area contributed by atoms with Gasteiger partial charge in [0.2, 0.25) is 0 Å². The Hall–Kier alpha value is -0.890. The Morgan fingerprint density at radius 1 is 1.30 bits per heavy atom. The molecule has 2 aliphatic rings. The van der Waals surface area contributed by atoms with Crippen LogP contribution in [0.5, 0.6) is 0 Å². The molecule has 110 valence electrons. The van der Waals surface area contributed by atoms with Crippen LogP contribution < -0.4 is 5.73 Å². The zero-order valence-electron chi connectivity index (χ0n) is 12.7. The maximum absolute atomic E-state index is 6.71. The van der Waals surface area contributed by atoms with Gasteiger partial charge in [-0.25, -0.2) is 0 Å². The van der Waals surface area contributed by atoms with Crippen molar-refractivity contribution in [2.24, 2.45) is 17.6 Å². The normalized spacial score (nSPS) is 31.6. The molecule has 2 N–H and O–H groups in total. The van der Waals surface area contributed by atoms with Crippen molar-refractivity contribution < 1.29 is 0 Å². The Labute approximate surface area is 123 Å². The summed E-state index contributed by atoms with van der Waals surface area (Å²) in [7, 11) is 0. The number of aryl methyl sites for hydroxylation is 1. The zero-order valence-corrected chi connectivity index (χ0v) is 12.7. The summed E-state index contributed by atoms with van der Waals surface area (Å²) in [4.78, 5) is 4.68. The van der Waals surface area contributed by atoms with Gasteiger partial charge < -0.3 is 5.73 Å². The lowest BCUT2D eigenvalue weighted by atomic mass is 9.70. The van der Waals surface area contributed by atoms with E-state index in [1.165, 1.54) is 62.6 Å². The van der Waals surface area contributed by atoms with E-state index in [0.29, 0.717) is 17.9 Å². The molecule has 1 aromatic rings. The highest BCUT2D eigenvalue weighted by Crippen LogP contribution is 2.40. The van der Waals surface area contributed by atoms with Gasteiger partial charge in [-0.3, -0.25) is 4.98 Å². The molecular weight excluding hydrogens is 244 g/mol. The molecule has 2 nitrogen and oxygen atoms in total. The molecule has 4 unspecified atom stereocenters. The molecule has 1 heterocycles. The molecule has 1 fully saturated rings. The molecule has 3 rings (SSSR count). The van der Waals surface area contributed by atoms with E-state index in [4.69, 9.17) is 5.73 Å². The van der Waals surface area contributed by atoms with Gasteiger partial charge in [0.15, 0.2) is 0 Å². The van der Waals surface area contributed by atoms with Crippen LogP contribution in [0, 0.1) is 11.8 Å². The van der Waals surface area contributed by atoms with Crippen molar-refractivity contribution in [3.05, 3.63) is 29.6 Å². The number of nitrogens with two attached hydrogens (primary N) is 1. The molecule has 0 bridgehead atoms. The third-order valence-corrected chi connectivity index (χ3v) is 5.65. The Balaban J connectivity index is 1.76. The van der Waals surface area contributed by atoms with E-state index in [2.05, 4.69) is 24.0 Å². The van der Waals surface area contributed by atoms with Gasteiger partial charge in [0.25, 0.3) is 0 Å². The van der Waals surface area contributed by atoms with Gasteiger partial charge in [-0.1, -0.05) is 32.3 Å². The van der Waals surface area contributed by atoms with Crippen molar-refractivity contribution in [3.8, 4) is 0 Å². The van der Waals surface area contributed by atoms with E-state index in [-0.39, 0.29) is 0 Å². The molecular formula is C18H28N2. The SMILES string of the molecule is CCC1CCCC(C(N)C2CCCc3cccnc32)C1. The van der Waals surface area contributed by atoms with Gasteiger partial charge in [0, 0.05) is 23.9 Å². The van der Waals surface area contributed by atoms with Crippen molar-refractivity contribution >= 4 is 0 Å². The van der Waals surface area contributed by atoms with Crippen LogP contribution in [-0.4, -0.2) is 11.0 Å². The predicted octanol–water partition coefficient (Wildman–Crippen LogP) is 4.05. The van der Waals surface area contributed by atoms with Gasteiger partial charge >= 0.3 is 0 Å². The second-order valence-corrected chi connectivity index (χ2v) is 6.82. The maximum Gasteiger partial charge on any atom is 0.0481 e. The monoisotopic (exact) mass is 272 g/mol. The minimum Gasteiger partial charge on any atom is -0.327 e. The van der Waals surface area contributed by atoms with Crippen LogP contribution in [0.1, 0.15) is 69.0 Å². The standard InChI is InChI=1S/C18H28N2/c1-2-13-6-3-8-15(12-13)17(19)16-10-4-7-14-9-5-11-20-18(14)16/h5,9,11,13,15-17H,2-4,6-8,10,12,19H2,1H3. The van der Waals surface area contributed by atoms with Gasteiger partial charge in [-0.15, -0.1) is 0 Å². The predicted molar refractivity (Wildman–Crippen MR) is 83.6 cm³/mol. The van der Waals surface area contributed by atoms with Crippen molar-refractivity contribution in [1.29, 1.82) is 0 Å². The van der Waals surface area contributed by atoms with E-state index in [9.17, 15) is 0 Å². The highest BCUT2D eigenvalue weighted by atomic mass is 14.8. The lowest BCUT2D eigenvalue weighted by molar-refractivity contribution is 0.206. The zero-order chi connectivity index (χ0) is 13.9. The number of pyridine rings is 1. The molecule has 1 saturated carbocycles. The lowest BCUT2D eigenvalue weighted by Crippen LogP contribution is -2.40. The number of nitrogens with zero attached hydrogens (tertiary/aromatic N) is 1. The highest BCUT2D eigenvalue weighted by Gasteiger charge is 2.34. The summed E-state index contributed by atoms with van der Waals surface area (Å²) in [6.07, 6.45) is 12.4. The smallest absolute Gasteiger partial charge is 0.0481 e. The topological polar surface area (TPSA) is 38.9 Å². The van der Waals surface area contributed by atoms with E-state index < -0.39 is 0 Å². The summed E-state index contributed by atoms with van der Waals surface area (Å²) in [6, 6.07) is 4.63. The van der Waals surface area contributed by atoms with Crippen LogP contribution in [0.25, 0.3) is 0 Å². The van der Waals surface area contributed by atoms with Crippen molar-refractivity contribution in [2.75, 3.05) is 0 Å². The molecule has 20 heavy (non-hydrogen) atoms. The van der Waals surface area contributed by atoms with Crippen LogP contribution in [0.4, 0.5) is 0 Å². The van der Waals surface area contributed by atoms with Crippen LogP contribution in [-0.2, 0) is 6.42 Å². The van der Waals surface area contributed by atoms with E-state index in [0.717, 1.165) is 5.92 Å². The average molecular weight is 272 g/mol. The minimum atomic E-state index is 0.318. The summed E-state index contributed by atoms with van der Waals surface area (Å²) in [5, 5.41) is 0. The molecule has 0 amide bonds. The molecule has 0 radical (unpaired) electrons. The Kier molecular flexibility index (Phi) is 4.40. The molecule has 0 aliphatic heterocycles. The number of fused-ring (bicyclic) bond motifs is 1. The van der Waals surface area contributed by atoms with Gasteiger partial charge in [0.05, 0.1) is 0 Å². The summed E-state index contributed by atoms with van der Waals surface area (Å²) in [5.74, 6) is 2.12. The van der Waals surface area contributed by atoms with Crippen LogP contribution in [0.3, 0.4) is 0 Å². The number of hydrogen-bond donors (Lipinski definition) is 1. The van der Waals surface area contributed by atoms with Gasteiger partial charge in [-0.2, -0.15) is 0 Å². The molecule has 0 saturated heterocycles. The molecule has 0 aromatic carbocycles. The largest absolute Gasteiger partial charge is 0.327 e. The van der Waals surface area contributed by atoms with Gasteiger partial charge in [-0.05, 0) is 55.6 Å². The first-order chi connectivity index (χ1) is 9.79. The third kappa shape index (κ3) is 2.76. The van der Waals surface area contributed by atoms with Crippen LogP contribution in [0.15, 0.2) is 18.3 Å². The summed E-state index contributed by atoms with van der Waals surface area (Å²) < 4.78 is 0. The number of rotatable bonds is 3. The van der Waals surface area contributed by atoms with E-state index in [1.54, 1.807) is 0 Å². The maximum atomic E-state index is 6.71. The van der Waals surface area contributed by atoms with Crippen LogP contribution >= 0.6 is 0 Å². The Morgan fingerprint density at radius 2 is 2.20 bits per heavy atom. The second kappa shape index (κ2) is 6.26. The second-order valence-electron chi connectivity index (χ2n) is 6.82. The fraction of sp³-hybridized carbons (Fsp3) is 0.722. The van der Waals surface area contributed by atoms with Crippen molar-refractivity contribution in [2.45, 2.75) is 70.3 Å². The first-order valence-electron chi connectivity index (χ1n) is 8.49. The molecule has 2 heteroatoms. The summed E-state index contributed by atoms with van der Waals surface area (Å²) in [5.41, 5.74) is 9.47.